The smallest absolute Gasteiger partial charge is 0.277 e. The van der Waals surface area contributed by atoms with Gasteiger partial charge in [0.1, 0.15) is 5.75 Å². The number of hydrogen-bond acceptors (Lipinski definition) is 5. The molecular formula is C14H17N5O2. The highest BCUT2D eigenvalue weighted by molar-refractivity contribution is 6.02. The van der Waals surface area contributed by atoms with Gasteiger partial charge in [0.2, 0.25) is 0 Å². The van der Waals surface area contributed by atoms with Crippen molar-refractivity contribution in [2.24, 2.45) is 0 Å². The number of rotatable bonds is 4. The summed E-state index contributed by atoms with van der Waals surface area (Å²) in [5, 5.41) is 13.9. The van der Waals surface area contributed by atoms with Gasteiger partial charge in [0.05, 0.1) is 19.3 Å². The molecule has 7 nitrogen and oxygen atoms in total. The molecule has 7 heteroatoms. The summed E-state index contributed by atoms with van der Waals surface area (Å²) in [7, 11) is 1.62. The SMILES string of the molecule is COc1ccc(NC(=O)c2cn(C3CNC3)nn2)cc1C. The van der Waals surface area contributed by atoms with Gasteiger partial charge < -0.3 is 15.4 Å². The van der Waals surface area contributed by atoms with Gasteiger partial charge in [-0.05, 0) is 30.7 Å². The van der Waals surface area contributed by atoms with Crippen LogP contribution in [0, 0.1) is 6.92 Å². The third kappa shape index (κ3) is 2.73. The van der Waals surface area contributed by atoms with Crippen molar-refractivity contribution in [2.45, 2.75) is 13.0 Å². The number of nitrogens with one attached hydrogen (secondary N) is 2. The molecule has 0 spiro atoms. The van der Waals surface area contributed by atoms with Gasteiger partial charge in [0.25, 0.3) is 5.91 Å². The molecule has 2 aromatic rings. The number of aromatic nitrogens is 3. The molecule has 110 valence electrons. The van der Waals surface area contributed by atoms with E-state index in [9.17, 15) is 4.79 Å². The standard InChI is InChI=1S/C14H17N5O2/c1-9-5-10(3-4-13(9)21-2)16-14(20)12-8-19(18-17-12)11-6-15-7-11/h3-5,8,11,15H,6-7H2,1-2H3,(H,16,20). The van der Waals surface area contributed by atoms with Crippen molar-refractivity contribution in [3.05, 3.63) is 35.7 Å². The average Bonchev–Trinajstić information content (AvgIpc) is 2.86. The maximum absolute atomic E-state index is 12.1. The number of carbonyl (C=O) groups is 1. The number of methoxy groups -OCH3 is 1. The number of anilines is 1. The summed E-state index contributed by atoms with van der Waals surface area (Å²) >= 11 is 0. The van der Waals surface area contributed by atoms with Crippen molar-refractivity contribution in [3.63, 3.8) is 0 Å². The Labute approximate surface area is 122 Å². The summed E-state index contributed by atoms with van der Waals surface area (Å²) in [5.74, 6) is 0.523. The van der Waals surface area contributed by atoms with E-state index in [0.29, 0.717) is 17.4 Å². The van der Waals surface area contributed by atoms with Crippen molar-refractivity contribution in [1.82, 2.24) is 20.3 Å². The lowest BCUT2D eigenvalue weighted by molar-refractivity contribution is 0.102. The molecule has 1 aliphatic rings. The number of ether oxygens (including phenoxy) is 1. The summed E-state index contributed by atoms with van der Waals surface area (Å²) in [6, 6.07) is 5.77. The van der Waals surface area contributed by atoms with E-state index in [2.05, 4.69) is 20.9 Å². The van der Waals surface area contributed by atoms with Crippen LogP contribution in [0.25, 0.3) is 0 Å². The molecule has 1 amide bonds. The van der Waals surface area contributed by atoms with Gasteiger partial charge in [0.15, 0.2) is 5.69 Å². The van der Waals surface area contributed by atoms with E-state index in [1.54, 1.807) is 24.1 Å². The molecule has 2 N–H and O–H groups in total. The molecule has 1 aromatic carbocycles. The fourth-order valence-corrected chi connectivity index (χ4v) is 2.17. The number of carbonyl (C=O) groups excluding carboxylic acids is 1. The molecule has 0 radical (unpaired) electrons. The number of aryl methyl sites for hydroxylation is 1. The van der Waals surface area contributed by atoms with Crippen LogP contribution in [0.1, 0.15) is 22.1 Å². The minimum atomic E-state index is -0.266. The molecule has 0 atom stereocenters. The molecule has 1 aliphatic heterocycles. The van der Waals surface area contributed by atoms with Crippen LogP contribution in [0.15, 0.2) is 24.4 Å². The Morgan fingerprint density at radius 1 is 1.48 bits per heavy atom. The first-order chi connectivity index (χ1) is 10.2. The molecule has 1 aromatic heterocycles. The molecule has 1 saturated heterocycles. The highest BCUT2D eigenvalue weighted by Crippen LogP contribution is 2.21. The minimum Gasteiger partial charge on any atom is -0.496 e. The normalized spacial score (nSPS) is 14.6. The largest absolute Gasteiger partial charge is 0.496 e. The molecule has 0 aliphatic carbocycles. The Bertz CT molecular complexity index is 663. The quantitative estimate of drug-likeness (QED) is 0.876. The predicted octanol–water partition coefficient (Wildman–Crippen LogP) is 0.992. The second-order valence-corrected chi connectivity index (χ2v) is 5.03. The summed E-state index contributed by atoms with van der Waals surface area (Å²) in [5.41, 5.74) is 1.98. The fraction of sp³-hybridized carbons (Fsp3) is 0.357. The van der Waals surface area contributed by atoms with E-state index in [1.807, 2.05) is 19.1 Å². The lowest BCUT2D eigenvalue weighted by Gasteiger charge is -2.26. The van der Waals surface area contributed by atoms with Crippen molar-refractivity contribution in [3.8, 4) is 5.75 Å². The van der Waals surface area contributed by atoms with E-state index in [1.165, 1.54) is 0 Å². The zero-order valence-corrected chi connectivity index (χ0v) is 12.0. The molecule has 3 rings (SSSR count). The summed E-state index contributed by atoms with van der Waals surface area (Å²) in [4.78, 5) is 12.1. The van der Waals surface area contributed by atoms with Gasteiger partial charge >= 0.3 is 0 Å². The lowest BCUT2D eigenvalue weighted by Crippen LogP contribution is -2.43. The highest BCUT2D eigenvalue weighted by atomic mass is 16.5. The van der Waals surface area contributed by atoms with Crippen LogP contribution in [0.2, 0.25) is 0 Å². The van der Waals surface area contributed by atoms with Crippen LogP contribution in [0.4, 0.5) is 5.69 Å². The van der Waals surface area contributed by atoms with Crippen LogP contribution in [-0.2, 0) is 0 Å². The lowest BCUT2D eigenvalue weighted by atomic mass is 10.2. The van der Waals surface area contributed by atoms with Crippen LogP contribution in [-0.4, -0.2) is 41.1 Å². The van der Waals surface area contributed by atoms with E-state index in [-0.39, 0.29) is 5.91 Å². The first kappa shape index (κ1) is 13.6. The van der Waals surface area contributed by atoms with E-state index >= 15 is 0 Å². The molecule has 0 unspecified atom stereocenters. The predicted molar refractivity (Wildman–Crippen MR) is 77.6 cm³/mol. The van der Waals surface area contributed by atoms with Crippen molar-refractivity contribution in [2.75, 3.05) is 25.5 Å². The second kappa shape index (κ2) is 5.53. The Balaban J connectivity index is 1.70. The topological polar surface area (TPSA) is 81.1 Å². The first-order valence-corrected chi connectivity index (χ1v) is 6.76. The van der Waals surface area contributed by atoms with E-state index < -0.39 is 0 Å². The van der Waals surface area contributed by atoms with E-state index in [0.717, 1.165) is 24.4 Å². The minimum absolute atomic E-state index is 0.266. The maximum atomic E-state index is 12.1. The van der Waals surface area contributed by atoms with Crippen LogP contribution in [0.3, 0.4) is 0 Å². The number of nitrogens with zero attached hydrogens (tertiary/aromatic N) is 3. The van der Waals surface area contributed by atoms with Gasteiger partial charge in [0, 0.05) is 18.8 Å². The molecular weight excluding hydrogens is 270 g/mol. The molecule has 1 fully saturated rings. The monoisotopic (exact) mass is 287 g/mol. The Kier molecular flexibility index (Phi) is 3.57. The van der Waals surface area contributed by atoms with Crippen LogP contribution >= 0.6 is 0 Å². The highest BCUT2D eigenvalue weighted by Gasteiger charge is 2.21. The zero-order chi connectivity index (χ0) is 14.8. The first-order valence-electron chi connectivity index (χ1n) is 6.76. The third-order valence-corrected chi connectivity index (χ3v) is 3.53. The maximum Gasteiger partial charge on any atom is 0.277 e. The van der Waals surface area contributed by atoms with E-state index in [4.69, 9.17) is 4.74 Å². The number of hydrogen-bond donors (Lipinski definition) is 2. The number of amides is 1. The van der Waals surface area contributed by atoms with Gasteiger partial charge in [-0.1, -0.05) is 5.21 Å². The van der Waals surface area contributed by atoms with Gasteiger partial charge in [-0.3, -0.25) is 4.79 Å². The summed E-state index contributed by atoms with van der Waals surface area (Å²) in [6.45, 7) is 3.65. The Hall–Kier alpha value is -2.41. The summed E-state index contributed by atoms with van der Waals surface area (Å²) < 4.78 is 6.92. The van der Waals surface area contributed by atoms with Gasteiger partial charge in [-0.15, -0.1) is 5.10 Å². The average molecular weight is 287 g/mol. The zero-order valence-electron chi connectivity index (χ0n) is 12.0. The Morgan fingerprint density at radius 2 is 2.29 bits per heavy atom. The number of benzene rings is 1. The molecule has 0 bridgehead atoms. The van der Waals surface area contributed by atoms with Crippen molar-refractivity contribution >= 4 is 11.6 Å². The molecule has 21 heavy (non-hydrogen) atoms. The molecule has 0 saturated carbocycles. The second-order valence-electron chi connectivity index (χ2n) is 5.03. The van der Waals surface area contributed by atoms with Crippen molar-refractivity contribution < 1.29 is 9.53 Å². The van der Waals surface area contributed by atoms with Crippen molar-refractivity contribution in [1.29, 1.82) is 0 Å². The Morgan fingerprint density at radius 3 is 2.90 bits per heavy atom. The third-order valence-electron chi connectivity index (χ3n) is 3.53. The molecule has 2 heterocycles. The van der Waals surface area contributed by atoms with Crippen LogP contribution < -0.4 is 15.4 Å². The summed E-state index contributed by atoms with van der Waals surface area (Å²) in [6.07, 6.45) is 1.68. The van der Waals surface area contributed by atoms with Gasteiger partial charge in [-0.25, -0.2) is 4.68 Å². The fourth-order valence-electron chi connectivity index (χ4n) is 2.17. The van der Waals surface area contributed by atoms with Crippen LogP contribution in [0.5, 0.6) is 5.75 Å². The van der Waals surface area contributed by atoms with Gasteiger partial charge in [-0.2, -0.15) is 0 Å².